The Labute approximate surface area is 172 Å². The van der Waals surface area contributed by atoms with Gasteiger partial charge in [-0.2, -0.15) is 0 Å². The lowest BCUT2D eigenvalue weighted by molar-refractivity contribution is -0.123. The summed E-state index contributed by atoms with van der Waals surface area (Å²) >= 11 is 0. The fraction of sp³-hybridized carbons (Fsp3) is 0.417. The molecule has 0 bridgehead atoms. The third kappa shape index (κ3) is 4.61. The van der Waals surface area contributed by atoms with Crippen molar-refractivity contribution in [1.29, 1.82) is 0 Å². The Bertz CT molecular complexity index is 909. The van der Waals surface area contributed by atoms with E-state index in [1.807, 2.05) is 31.2 Å². The van der Waals surface area contributed by atoms with Crippen molar-refractivity contribution in [1.82, 2.24) is 5.32 Å². The smallest absolute Gasteiger partial charge is 0.258 e. The van der Waals surface area contributed by atoms with Crippen molar-refractivity contribution in [3.05, 3.63) is 59.2 Å². The van der Waals surface area contributed by atoms with Gasteiger partial charge in [0.25, 0.3) is 5.91 Å². The Hall–Kier alpha value is -2.82. The highest BCUT2D eigenvalue weighted by molar-refractivity contribution is 5.95. The topological polar surface area (TPSA) is 58.6 Å². The van der Waals surface area contributed by atoms with Crippen LogP contribution < -0.4 is 15.0 Å². The first-order chi connectivity index (χ1) is 14.1. The lowest BCUT2D eigenvalue weighted by Crippen LogP contribution is -2.31. The number of amides is 2. The molecule has 29 heavy (non-hydrogen) atoms. The lowest BCUT2D eigenvalue weighted by Gasteiger charge is -2.20. The first-order valence-electron chi connectivity index (χ1n) is 10.5. The van der Waals surface area contributed by atoms with E-state index in [0.717, 1.165) is 37.1 Å². The summed E-state index contributed by atoms with van der Waals surface area (Å²) in [5.74, 6) is 0.579. The van der Waals surface area contributed by atoms with Crippen LogP contribution in [0.25, 0.3) is 0 Å². The van der Waals surface area contributed by atoms with Crippen LogP contribution in [0.5, 0.6) is 5.75 Å². The van der Waals surface area contributed by atoms with E-state index in [9.17, 15) is 9.59 Å². The van der Waals surface area contributed by atoms with Gasteiger partial charge < -0.3 is 15.0 Å². The van der Waals surface area contributed by atoms with Gasteiger partial charge in [0.2, 0.25) is 5.91 Å². The quantitative estimate of drug-likeness (QED) is 0.810. The third-order valence-electron chi connectivity index (χ3n) is 5.82. The van der Waals surface area contributed by atoms with E-state index in [-0.39, 0.29) is 24.5 Å². The summed E-state index contributed by atoms with van der Waals surface area (Å²) in [6.45, 7) is 2.69. The molecule has 1 fully saturated rings. The van der Waals surface area contributed by atoms with Crippen LogP contribution in [0.4, 0.5) is 5.69 Å². The Morgan fingerprint density at radius 1 is 1.07 bits per heavy atom. The molecule has 2 amide bonds. The number of aryl methyl sites for hydroxylation is 2. The number of nitrogens with one attached hydrogen (secondary N) is 1. The maximum absolute atomic E-state index is 12.4. The number of anilines is 1. The van der Waals surface area contributed by atoms with Crippen molar-refractivity contribution >= 4 is 17.5 Å². The number of fused-ring (bicyclic) bond motifs is 1. The summed E-state index contributed by atoms with van der Waals surface area (Å²) in [6.07, 6.45) is 6.27. The molecule has 0 saturated carbocycles. The van der Waals surface area contributed by atoms with Crippen molar-refractivity contribution in [2.24, 2.45) is 0 Å². The molecule has 0 radical (unpaired) electrons. The minimum absolute atomic E-state index is 0.0489. The fourth-order valence-electron chi connectivity index (χ4n) is 4.20. The normalized spacial score (nSPS) is 17.0. The van der Waals surface area contributed by atoms with Crippen LogP contribution in [0.3, 0.4) is 0 Å². The number of benzene rings is 2. The second-order valence-electron chi connectivity index (χ2n) is 7.96. The van der Waals surface area contributed by atoms with Crippen LogP contribution in [0, 0.1) is 0 Å². The van der Waals surface area contributed by atoms with Gasteiger partial charge in [0, 0.05) is 24.7 Å². The number of ether oxygens (including phenoxy) is 1. The van der Waals surface area contributed by atoms with Crippen molar-refractivity contribution in [3.8, 4) is 5.75 Å². The molecule has 5 nitrogen and oxygen atoms in total. The van der Waals surface area contributed by atoms with Crippen LogP contribution in [-0.2, 0) is 22.4 Å². The van der Waals surface area contributed by atoms with Crippen molar-refractivity contribution < 1.29 is 14.3 Å². The molecule has 2 aromatic carbocycles. The third-order valence-corrected chi connectivity index (χ3v) is 5.82. The van der Waals surface area contributed by atoms with E-state index in [1.54, 1.807) is 4.90 Å². The molecule has 1 aliphatic carbocycles. The molecule has 1 N–H and O–H groups in total. The average Bonchev–Trinajstić information content (AvgIpc) is 3.18. The summed E-state index contributed by atoms with van der Waals surface area (Å²) in [5, 5.41) is 3.02. The summed E-state index contributed by atoms with van der Waals surface area (Å²) in [6, 6.07) is 13.9. The molecule has 1 heterocycles. The van der Waals surface area contributed by atoms with E-state index >= 15 is 0 Å². The highest BCUT2D eigenvalue weighted by Crippen LogP contribution is 2.26. The summed E-state index contributed by atoms with van der Waals surface area (Å²) in [5.41, 5.74) is 4.82. The summed E-state index contributed by atoms with van der Waals surface area (Å²) in [7, 11) is 0. The second-order valence-corrected chi connectivity index (χ2v) is 7.96. The minimum Gasteiger partial charge on any atom is -0.484 e. The molecular formula is C24H28N2O3. The molecule has 1 aliphatic heterocycles. The molecule has 0 aromatic heterocycles. The maximum Gasteiger partial charge on any atom is 0.258 e. The molecule has 152 valence electrons. The number of hydrogen-bond acceptors (Lipinski definition) is 3. The number of nitrogens with zero attached hydrogens (tertiary/aromatic N) is 1. The number of hydrogen-bond donors (Lipinski definition) is 1. The second kappa shape index (κ2) is 8.68. The largest absolute Gasteiger partial charge is 0.484 e. The summed E-state index contributed by atoms with van der Waals surface area (Å²) < 4.78 is 5.68. The van der Waals surface area contributed by atoms with Gasteiger partial charge in [0.15, 0.2) is 6.61 Å². The highest BCUT2D eigenvalue weighted by Gasteiger charge is 2.22. The van der Waals surface area contributed by atoms with Crippen LogP contribution in [-0.4, -0.2) is 25.0 Å². The zero-order valence-corrected chi connectivity index (χ0v) is 16.9. The van der Waals surface area contributed by atoms with Crippen molar-refractivity contribution in [2.75, 3.05) is 18.1 Å². The average molecular weight is 392 g/mol. The van der Waals surface area contributed by atoms with Crippen LogP contribution in [0.1, 0.15) is 55.3 Å². The number of rotatable bonds is 6. The monoisotopic (exact) mass is 392 g/mol. The first kappa shape index (κ1) is 19.5. The van der Waals surface area contributed by atoms with Gasteiger partial charge in [-0.05, 0) is 67.9 Å². The van der Waals surface area contributed by atoms with Crippen LogP contribution in [0.15, 0.2) is 42.5 Å². The highest BCUT2D eigenvalue weighted by atomic mass is 16.5. The zero-order valence-electron chi connectivity index (χ0n) is 16.9. The zero-order chi connectivity index (χ0) is 20.2. The predicted octanol–water partition coefficient (Wildman–Crippen LogP) is 3.95. The molecular weight excluding hydrogens is 364 g/mol. The van der Waals surface area contributed by atoms with Gasteiger partial charge in [-0.25, -0.2) is 0 Å². The lowest BCUT2D eigenvalue weighted by atomic mass is 9.89. The van der Waals surface area contributed by atoms with Crippen molar-refractivity contribution in [3.63, 3.8) is 0 Å². The fourth-order valence-corrected chi connectivity index (χ4v) is 4.20. The Kier molecular flexibility index (Phi) is 5.84. The van der Waals surface area contributed by atoms with Crippen LogP contribution in [0.2, 0.25) is 0 Å². The van der Waals surface area contributed by atoms with Gasteiger partial charge in [-0.15, -0.1) is 0 Å². The predicted molar refractivity (Wildman–Crippen MR) is 113 cm³/mol. The van der Waals surface area contributed by atoms with E-state index in [2.05, 4.69) is 23.5 Å². The molecule has 2 aromatic rings. The molecule has 4 rings (SSSR count). The SMILES string of the molecule is CC(NC(=O)COc1cccc(N2CCCC2=O)c1)c1ccc2c(c1)CCCC2. The first-order valence-corrected chi connectivity index (χ1v) is 10.5. The summed E-state index contributed by atoms with van der Waals surface area (Å²) in [4.78, 5) is 26.1. The molecule has 1 atom stereocenters. The minimum atomic E-state index is -0.155. The van der Waals surface area contributed by atoms with E-state index < -0.39 is 0 Å². The van der Waals surface area contributed by atoms with Crippen molar-refractivity contribution in [2.45, 2.75) is 51.5 Å². The number of carbonyl (C=O) groups excluding carboxylic acids is 2. The van der Waals surface area contributed by atoms with Gasteiger partial charge in [0.05, 0.1) is 6.04 Å². The van der Waals surface area contributed by atoms with Crippen LogP contribution >= 0.6 is 0 Å². The van der Waals surface area contributed by atoms with Gasteiger partial charge in [-0.1, -0.05) is 24.3 Å². The van der Waals surface area contributed by atoms with Gasteiger partial charge >= 0.3 is 0 Å². The molecule has 1 saturated heterocycles. The molecule has 2 aliphatic rings. The van der Waals surface area contributed by atoms with E-state index in [4.69, 9.17) is 4.74 Å². The van der Waals surface area contributed by atoms with E-state index in [1.165, 1.54) is 24.0 Å². The maximum atomic E-state index is 12.4. The Morgan fingerprint density at radius 3 is 2.69 bits per heavy atom. The Morgan fingerprint density at radius 2 is 1.90 bits per heavy atom. The standard InChI is InChI=1S/C24H28N2O3/c1-17(19-12-11-18-6-2-3-7-20(18)14-19)25-23(27)16-29-22-9-4-8-21(15-22)26-13-5-10-24(26)28/h4,8-9,11-12,14-15,17H,2-3,5-7,10,13,16H2,1H3,(H,25,27). The Balaban J connectivity index is 1.32. The number of carbonyl (C=O) groups is 2. The van der Waals surface area contributed by atoms with Gasteiger partial charge in [0.1, 0.15) is 5.75 Å². The molecule has 5 heteroatoms. The molecule has 0 spiro atoms. The molecule has 1 unspecified atom stereocenters. The van der Waals surface area contributed by atoms with E-state index in [0.29, 0.717) is 12.2 Å². The van der Waals surface area contributed by atoms with Gasteiger partial charge in [-0.3, -0.25) is 9.59 Å².